The zero-order chi connectivity index (χ0) is 18.7. The van der Waals surface area contributed by atoms with Crippen LogP contribution in [0.1, 0.15) is 10.4 Å². The quantitative estimate of drug-likeness (QED) is 0.873. The van der Waals surface area contributed by atoms with Gasteiger partial charge < -0.3 is 10.1 Å². The summed E-state index contributed by atoms with van der Waals surface area (Å²) in [6.45, 7) is -1.48. The molecule has 0 aliphatic carbocycles. The first-order valence-corrected chi connectivity index (χ1v) is 8.85. The number of para-hydroxylation sites is 2. The van der Waals surface area contributed by atoms with E-state index in [0.29, 0.717) is 0 Å². The number of ether oxygens (including phenoxy) is 1. The summed E-state index contributed by atoms with van der Waals surface area (Å²) in [6.07, 6.45) is -3.46. The topological polar surface area (TPSA) is 72.5 Å². The third-order valence-electron chi connectivity index (χ3n) is 3.07. The molecule has 1 amide bonds. The van der Waals surface area contributed by atoms with Crippen molar-refractivity contribution in [1.82, 2.24) is 0 Å². The zero-order valence-electron chi connectivity index (χ0n) is 13.0. The molecule has 0 radical (unpaired) electrons. The summed E-state index contributed by atoms with van der Waals surface area (Å²) in [5.41, 5.74) is 0.224. The van der Waals surface area contributed by atoms with Gasteiger partial charge in [0.2, 0.25) is 0 Å². The van der Waals surface area contributed by atoms with Crippen molar-refractivity contribution in [3.05, 3.63) is 54.1 Å². The fourth-order valence-corrected chi connectivity index (χ4v) is 2.53. The van der Waals surface area contributed by atoms with Gasteiger partial charge in [0.25, 0.3) is 5.91 Å². The van der Waals surface area contributed by atoms with E-state index >= 15 is 0 Å². The normalized spacial score (nSPS) is 11.8. The number of halogens is 3. The summed E-state index contributed by atoms with van der Waals surface area (Å²) in [5.74, 6) is -0.732. The minimum atomic E-state index is -4.50. The lowest BCUT2D eigenvalue weighted by Gasteiger charge is -2.13. The summed E-state index contributed by atoms with van der Waals surface area (Å²) < 4.78 is 64.3. The molecular formula is C16H14F3NO4S. The molecule has 0 saturated carbocycles. The molecule has 0 atom stereocenters. The van der Waals surface area contributed by atoms with Crippen LogP contribution in [-0.2, 0) is 9.84 Å². The molecule has 0 bridgehead atoms. The van der Waals surface area contributed by atoms with E-state index in [0.717, 1.165) is 6.26 Å². The van der Waals surface area contributed by atoms with Crippen molar-refractivity contribution >= 4 is 21.4 Å². The summed E-state index contributed by atoms with van der Waals surface area (Å²) in [6, 6.07) is 10.9. The lowest BCUT2D eigenvalue weighted by Crippen LogP contribution is -2.20. The minimum Gasteiger partial charge on any atom is -0.482 e. The Hall–Kier alpha value is -2.55. The van der Waals surface area contributed by atoms with Crippen molar-refractivity contribution in [2.45, 2.75) is 11.1 Å². The first-order valence-electron chi connectivity index (χ1n) is 6.96. The van der Waals surface area contributed by atoms with Gasteiger partial charge in [-0.15, -0.1) is 0 Å². The van der Waals surface area contributed by atoms with Crippen molar-refractivity contribution in [1.29, 1.82) is 0 Å². The number of benzene rings is 2. The van der Waals surface area contributed by atoms with Crippen molar-refractivity contribution in [2.75, 3.05) is 18.2 Å². The van der Waals surface area contributed by atoms with Crippen LogP contribution in [0, 0.1) is 0 Å². The average molecular weight is 373 g/mol. The molecule has 0 fully saturated rings. The maximum atomic E-state index is 12.3. The second-order valence-electron chi connectivity index (χ2n) is 5.15. The molecule has 134 valence electrons. The van der Waals surface area contributed by atoms with Gasteiger partial charge in [0.05, 0.1) is 10.6 Å². The Balaban J connectivity index is 2.15. The predicted octanol–water partition coefficient (Wildman–Crippen LogP) is 3.28. The minimum absolute atomic E-state index is 0.0537. The third kappa shape index (κ3) is 5.49. The van der Waals surface area contributed by atoms with Crippen LogP contribution in [0.5, 0.6) is 5.75 Å². The molecule has 1 N–H and O–H groups in total. The summed E-state index contributed by atoms with van der Waals surface area (Å²) in [4.78, 5) is 12.2. The van der Waals surface area contributed by atoms with Gasteiger partial charge in [0.15, 0.2) is 16.4 Å². The highest BCUT2D eigenvalue weighted by Crippen LogP contribution is 2.26. The van der Waals surface area contributed by atoms with Crippen LogP contribution in [0.4, 0.5) is 18.9 Å². The van der Waals surface area contributed by atoms with E-state index in [9.17, 15) is 26.4 Å². The van der Waals surface area contributed by atoms with Crippen LogP contribution >= 0.6 is 0 Å². The molecule has 0 unspecified atom stereocenters. The van der Waals surface area contributed by atoms with Crippen LogP contribution in [0.2, 0.25) is 0 Å². The molecule has 0 aliphatic heterocycles. The Morgan fingerprint density at radius 2 is 1.68 bits per heavy atom. The highest BCUT2D eigenvalue weighted by molar-refractivity contribution is 7.90. The summed E-state index contributed by atoms with van der Waals surface area (Å²) >= 11 is 0. The number of alkyl halides is 3. The number of amides is 1. The lowest BCUT2D eigenvalue weighted by atomic mass is 10.2. The zero-order valence-corrected chi connectivity index (χ0v) is 13.8. The smallest absolute Gasteiger partial charge is 0.422 e. The fourth-order valence-electron chi connectivity index (χ4n) is 1.90. The van der Waals surface area contributed by atoms with Gasteiger partial charge in [0.1, 0.15) is 5.75 Å². The first kappa shape index (κ1) is 18.8. The van der Waals surface area contributed by atoms with E-state index in [1.54, 1.807) is 0 Å². The largest absolute Gasteiger partial charge is 0.482 e. The van der Waals surface area contributed by atoms with Crippen LogP contribution in [0.25, 0.3) is 0 Å². The van der Waals surface area contributed by atoms with Gasteiger partial charge in [-0.05, 0) is 36.4 Å². The number of hydrogen-bond donors (Lipinski definition) is 1. The maximum absolute atomic E-state index is 12.3. The molecule has 0 aliphatic rings. The Kier molecular flexibility index (Phi) is 5.36. The Morgan fingerprint density at radius 3 is 2.24 bits per heavy atom. The SMILES string of the molecule is CS(=O)(=O)c1ccc(C(=O)Nc2ccccc2OCC(F)(F)F)cc1. The van der Waals surface area contributed by atoms with E-state index < -0.39 is 28.5 Å². The molecule has 5 nitrogen and oxygen atoms in total. The number of rotatable bonds is 5. The molecule has 2 aromatic rings. The molecular weight excluding hydrogens is 359 g/mol. The number of hydrogen-bond acceptors (Lipinski definition) is 4. The fraction of sp³-hybridized carbons (Fsp3) is 0.188. The van der Waals surface area contributed by atoms with Gasteiger partial charge >= 0.3 is 6.18 Å². The van der Waals surface area contributed by atoms with Gasteiger partial charge in [0, 0.05) is 11.8 Å². The van der Waals surface area contributed by atoms with Crippen LogP contribution in [0.3, 0.4) is 0 Å². The monoisotopic (exact) mass is 373 g/mol. The Labute approximate surface area is 142 Å². The standard InChI is InChI=1S/C16H14F3NO4S/c1-25(22,23)12-8-6-11(7-9-12)15(21)20-13-4-2-3-5-14(13)24-10-16(17,18)19/h2-9H,10H2,1H3,(H,20,21). The molecule has 0 aromatic heterocycles. The van der Waals surface area contributed by atoms with Gasteiger partial charge in [-0.2, -0.15) is 13.2 Å². The number of nitrogens with one attached hydrogen (secondary N) is 1. The summed E-state index contributed by atoms with van der Waals surface area (Å²) in [7, 11) is -3.39. The van der Waals surface area contributed by atoms with E-state index in [-0.39, 0.29) is 21.9 Å². The number of sulfone groups is 1. The van der Waals surface area contributed by atoms with E-state index in [1.165, 1.54) is 48.5 Å². The van der Waals surface area contributed by atoms with Gasteiger partial charge in [-0.1, -0.05) is 12.1 Å². The van der Waals surface area contributed by atoms with Crippen molar-refractivity contribution in [2.24, 2.45) is 0 Å². The lowest BCUT2D eigenvalue weighted by molar-refractivity contribution is -0.153. The van der Waals surface area contributed by atoms with Gasteiger partial charge in [-0.25, -0.2) is 8.42 Å². The molecule has 0 heterocycles. The summed E-state index contributed by atoms with van der Waals surface area (Å²) in [5, 5.41) is 2.44. The van der Waals surface area contributed by atoms with Crippen molar-refractivity contribution in [3.8, 4) is 5.75 Å². The van der Waals surface area contributed by atoms with Gasteiger partial charge in [-0.3, -0.25) is 4.79 Å². The number of anilines is 1. The molecule has 2 aromatic carbocycles. The molecule has 0 saturated heterocycles. The van der Waals surface area contributed by atoms with E-state index in [1.807, 2.05) is 0 Å². The van der Waals surface area contributed by atoms with E-state index in [2.05, 4.69) is 10.1 Å². The second-order valence-corrected chi connectivity index (χ2v) is 7.17. The average Bonchev–Trinajstić information content (AvgIpc) is 2.52. The van der Waals surface area contributed by atoms with Crippen LogP contribution < -0.4 is 10.1 Å². The third-order valence-corrected chi connectivity index (χ3v) is 4.20. The number of carbonyl (C=O) groups excluding carboxylic acids is 1. The molecule has 25 heavy (non-hydrogen) atoms. The van der Waals surface area contributed by atoms with E-state index in [4.69, 9.17) is 0 Å². The highest BCUT2D eigenvalue weighted by atomic mass is 32.2. The highest BCUT2D eigenvalue weighted by Gasteiger charge is 2.28. The van der Waals surface area contributed by atoms with Crippen LogP contribution in [0.15, 0.2) is 53.4 Å². The number of carbonyl (C=O) groups is 1. The maximum Gasteiger partial charge on any atom is 0.422 e. The molecule has 9 heteroatoms. The Morgan fingerprint density at radius 1 is 1.08 bits per heavy atom. The van der Waals surface area contributed by atoms with Crippen molar-refractivity contribution in [3.63, 3.8) is 0 Å². The Bertz CT molecular complexity index is 862. The first-order chi connectivity index (χ1) is 11.6. The predicted molar refractivity (Wildman–Crippen MR) is 85.5 cm³/mol. The molecule has 0 spiro atoms. The van der Waals surface area contributed by atoms with Crippen LogP contribution in [-0.4, -0.2) is 33.4 Å². The second kappa shape index (κ2) is 7.14. The molecule has 2 rings (SSSR count). The van der Waals surface area contributed by atoms with Crippen molar-refractivity contribution < 1.29 is 31.1 Å².